The molecule has 0 spiro atoms. The number of carbonyl (C=O) groups excluding carboxylic acids is 1. The second-order valence-corrected chi connectivity index (χ2v) is 6.72. The molecule has 0 bridgehead atoms. The molecule has 1 fully saturated rings. The van der Waals surface area contributed by atoms with Crippen molar-refractivity contribution in [2.75, 3.05) is 13.1 Å². The number of hydrogen-bond donors (Lipinski definition) is 0. The minimum absolute atomic E-state index is 0.0835. The topological polar surface area (TPSA) is 42.4 Å². The summed E-state index contributed by atoms with van der Waals surface area (Å²) in [7, 11) is 0. The third-order valence-corrected chi connectivity index (χ3v) is 4.78. The van der Waals surface area contributed by atoms with E-state index in [2.05, 4.69) is 4.98 Å². The predicted molar refractivity (Wildman–Crippen MR) is 98.1 cm³/mol. The highest BCUT2D eigenvalue weighted by Gasteiger charge is 2.32. The summed E-state index contributed by atoms with van der Waals surface area (Å²) in [6.07, 6.45) is -3.22. The number of alkyl halides is 3. The first-order valence-electron chi connectivity index (χ1n) is 8.88. The molecule has 0 aliphatic carbocycles. The number of benzene rings is 2. The van der Waals surface area contributed by atoms with Gasteiger partial charge in [0.2, 0.25) is 5.88 Å². The number of rotatable bonds is 3. The molecule has 1 unspecified atom stereocenters. The van der Waals surface area contributed by atoms with Gasteiger partial charge < -0.3 is 9.64 Å². The summed E-state index contributed by atoms with van der Waals surface area (Å²) in [5.41, 5.74) is -0.226. The number of likely N-dealkylation sites (tertiary alicyclic amines) is 1. The highest BCUT2D eigenvalue weighted by atomic mass is 19.4. The van der Waals surface area contributed by atoms with Gasteiger partial charge in [0, 0.05) is 30.8 Å². The summed E-state index contributed by atoms with van der Waals surface area (Å²) < 4.78 is 44.0. The van der Waals surface area contributed by atoms with Gasteiger partial charge in [-0.05, 0) is 29.0 Å². The molecule has 144 valence electrons. The second kappa shape index (κ2) is 7.14. The molecule has 1 amide bonds. The zero-order chi connectivity index (χ0) is 19.7. The third kappa shape index (κ3) is 3.78. The standard InChI is InChI=1S/C21H17F3N2O2/c22-21(23,24)17-7-9-25-19(12-17)28-18-8-10-26(13-18)20(27)16-6-5-14-3-1-2-4-15(14)11-16/h1-7,9,11-12,18H,8,10,13H2. The van der Waals surface area contributed by atoms with Crippen LogP contribution in [0.5, 0.6) is 5.88 Å². The first kappa shape index (κ1) is 18.3. The molecule has 28 heavy (non-hydrogen) atoms. The van der Waals surface area contributed by atoms with Crippen molar-refractivity contribution in [2.24, 2.45) is 0 Å². The highest BCUT2D eigenvalue weighted by Crippen LogP contribution is 2.31. The number of nitrogens with zero attached hydrogens (tertiary/aromatic N) is 2. The summed E-state index contributed by atoms with van der Waals surface area (Å²) in [5, 5.41) is 2.03. The third-order valence-electron chi connectivity index (χ3n) is 4.78. The average Bonchev–Trinajstić information content (AvgIpc) is 3.15. The van der Waals surface area contributed by atoms with E-state index in [0.717, 1.165) is 29.1 Å². The molecule has 0 saturated carbocycles. The van der Waals surface area contributed by atoms with Gasteiger partial charge in [-0.3, -0.25) is 4.79 Å². The molecule has 1 aromatic heterocycles. The lowest BCUT2D eigenvalue weighted by molar-refractivity contribution is -0.137. The smallest absolute Gasteiger partial charge is 0.416 e. The van der Waals surface area contributed by atoms with E-state index in [1.54, 1.807) is 11.0 Å². The highest BCUT2D eigenvalue weighted by molar-refractivity contribution is 5.98. The summed E-state index contributed by atoms with van der Waals surface area (Å²) in [4.78, 5) is 18.3. The maximum absolute atomic E-state index is 12.8. The van der Waals surface area contributed by atoms with E-state index in [0.29, 0.717) is 25.1 Å². The molecule has 2 aromatic carbocycles. The van der Waals surface area contributed by atoms with Crippen LogP contribution in [0.1, 0.15) is 22.3 Å². The zero-order valence-corrected chi connectivity index (χ0v) is 14.8. The molecule has 7 heteroatoms. The average molecular weight is 386 g/mol. The van der Waals surface area contributed by atoms with Gasteiger partial charge >= 0.3 is 6.18 Å². The number of pyridine rings is 1. The number of amides is 1. The van der Waals surface area contributed by atoms with Gasteiger partial charge in [-0.25, -0.2) is 4.98 Å². The van der Waals surface area contributed by atoms with E-state index in [1.165, 1.54) is 0 Å². The molecule has 1 atom stereocenters. The first-order chi connectivity index (χ1) is 13.4. The van der Waals surface area contributed by atoms with Crippen LogP contribution in [0.4, 0.5) is 13.2 Å². The van der Waals surface area contributed by atoms with E-state index in [-0.39, 0.29) is 17.9 Å². The van der Waals surface area contributed by atoms with Crippen LogP contribution in [-0.2, 0) is 6.18 Å². The van der Waals surface area contributed by atoms with E-state index in [4.69, 9.17) is 4.74 Å². The van der Waals surface area contributed by atoms with Crippen molar-refractivity contribution < 1.29 is 22.7 Å². The first-order valence-corrected chi connectivity index (χ1v) is 8.88. The Labute approximate surface area is 159 Å². The van der Waals surface area contributed by atoms with E-state index in [1.807, 2.05) is 36.4 Å². The summed E-state index contributed by atoms with van der Waals surface area (Å²) in [5.74, 6) is -0.200. The largest absolute Gasteiger partial charge is 0.472 e. The van der Waals surface area contributed by atoms with Crippen LogP contribution in [0, 0.1) is 0 Å². The van der Waals surface area contributed by atoms with E-state index >= 15 is 0 Å². The van der Waals surface area contributed by atoms with Crippen LogP contribution in [0.25, 0.3) is 10.8 Å². The van der Waals surface area contributed by atoms with Crippen LogP contribution in [0.3, 0.4) is 0 Å². The molecule has 0 N–H and O–H groups in total. The van der Waals surface area contributed by atoms with Gasteiger partial charge in [0.25, 0.3) is 5.91 Å². The lowest BCUT2D eigenvalue weighted by Gasteiger charge is -2.17. The Kier molecular flexibility index (Phi) is 4.66. The molecule has 3 aromatic rings. The summed E-state index contributed by atoms with van der Waals surface area (Å²) >= 11 is 0. The Morgan fingerprint density at radius 1 is 1.07 bits per heavy atom. The van der Waals surface area contributed by atoms with Gasteiger partial charge in [0.05, 0.1) is 12.1 Å². The van der Waals surface area contributed by atoms with Crippen molar-refractivity contribution in [3.63, 3.8) is 0 Å². The number of fused-ring (bicyclic) bond motifs is 1. The Bertz CT molecular complexity index is 1020. The number of halogens is 3. The van der Waals surface area contributed by atoms with Crippen molar-refractivity contribution in [3.8, 4) is 5.88 Å². The van der Waals surface area contributed by atoms with E-state index in [9.17, 15) is 18.0 Å². The van der Waals surface area contributed by atoms with Crippen molar-refractivity contribution in [1.29, 1.82) is 0 Å². The predicted octanol–water partition coefficient (Wildman–Crippen LogP) is 4.55. The lowest BCUT2D eigenvalue weighted by atomic mass is 10.1. The minimum atomic E-state index is -4.45. The van der Waals surface area contributed by atoms with E-state index < -0.39 is 11.7 Å². The summed E-state index contributed by atoms with van der Waals surface area (Å²) in [6, 6.07) is 15.1. The van der Waals surface area contributed by atoms with Crippen LogP contribution in [0.2, 0.25) is 0 Å². The lowest BCUT2D eigenvalue weighted by Crippen LogP contribution is -2.31. The second-order valence-electron chi connectivity index (χ2n) is 6.72. The van der Waals surface area contributed by atoms with Gasteiger partial charge in [-0.2, -0.15) is 13.2 Å². The number of ether oxygens (including phenoxy) is 1. The van der Waals surface area contributed by atoms with Crippen LogP contribution >= 0.6 is 0 Å². The number of hydrogen-bond acceptors (Lipinski definition) is 3. The monoisotopic (exact) mass is 386 g/mol. The fraction of sp³-hybridized carbons (Fsp3) is 0.238. The Balaban J connectivity index is 1.44. The Hall–Kier alpha value is -3.09. The molecule has 0 radical (unpaired) electrons. The molecule has 2 heterocycles. The van der Waals surface area contributed by atoms with Gasteiger partial charge in [-0.1, -0.05) is 30.3 Å². The fourth-order valence-corrected chi connectivity index (χ4v) is 3.33. The molecule has 4 nitrogen and oxygen atoms in total. The van der Waals surface area contributed by atoms with Crippen molar-refractivity contribution in [3.05, 3.63) is 71.9 Å². The Morgan fingerprint density at radius 2 is 1.86 bits per heavy atom. The van der Waals surface area contributed by atoms with Crippen LogP contribution in [-0.4, -0.2) is 35.0 Å². The normalized spacial score (nSPS) is 17.1. The summed E-state index contributed by atoms with van der Waals surface area (Å²) in [6.45, 7) is 0.791. The Morgan fingerprint density at radius 3 is 2.64 bits per heavy atom. The quantitative estimate of drug-likeness (QED) is 0.663. The molecular formula is C21H17F3N2O2. The van der Waals surface area contributed by atoms with Gasteiger partial charge in [0.1, 0.15) is 6.10 Å². The maximum atomic E-state index is 12.8. The van der Waals surface area contributed by atoms with Gasteiger partial charge in [-0.15, -0.1) is 0 Å². The SMILES string of the molecule is O=C(c1ccc2ccccc2c1)N1CCC(Oc2cc(C(F)(F)F)ccn2)C1. The van der Waals surface area contributed by atoms with Crippen molar-refractivity contribution in [1.82, 2.24) is 9.88 Å². The fourth-order valence-electron chi connectivity index (χ4n) is 3.33. The van der Waals surface area contributed by atoms with Gasteiger partial charge in [0.15, 0.2) is 0 Å². The molecular weight excluding hydrogens is 369 g/mol. The van der Waals surface area contributed by atoms with Crippen molar-refractivity contribution in [2.45, 2.75) is 18.7 Å². The number of carbonyl (C=O) groups is 1. The molecule has 1 aliphatic heterocycles. The van der Waals surface area contributed by atoms with Crippen LogP contribution < -0.4 is 4.74 Å². The van der Waals surface area contributed by atoms with Crippen LogP contribution in [0.15, 0.2) is 60.8 Å². The van der Waals surface area contributed by atoms with Crippen molar-refractivity contribution >= 4 is 16.7 Å². The molecule has 1 aliphatic rings. The minimum Gasteiger partial charge on any atom is -0.472 e. The number of aromatic nitrogens is 1. The molecule has 4 rings (SSSR count). The maximum Gasteiger partial charge on any atom is 0.416 e. The molecule has 1 saturated heterocycles. The zero-order valence-electron chi connectivity index (χ0n) is 14.8.